The molecule has 0 saturated heterocycles. The van der Waals surface area contributed by atoms with Crippen LogP contribution in [0.4, 0.5) is 0 Å². The highest BCUT2D eigenvalue weighted by atomic mass is 35.5. The van der Waals surface area contributed by atoms with Crippen molar-refractivity contribution in [2.75, 3.05) is 0 Å². The van der Waals surface area contributed by atoms with Crippen molar-refractivity contribution in [3.63, 3.8) is 0 Å². The van der Waals surface area contributed by atoms with Crippen molar-refractivity contribution >= 4 is 34.8 Å². The molecule has 0 aromatic heterocycles. The van der Waals surface area contributed by atoms with Crippen LogP contribution in [0.15, 0.2) is 36.4 Å². The van der Waals surface area contributed by atoms with Crippen molar-refractivity contribution < 1.29 is 4.74 Å². The predicted molar refractivity (Wildman–Crippen MR) is 89.6 cm³/mol. The lowest BCUT2D eigenvalue weighted by atomic mass is 10.1. The van der Waals surface area contributed by atoms with Gasteiger partial charge in [0.25, 0.3) is 0 Å². The van der Waals surface area contributed by atoms with Gasteiger partial charge in [-0.15, -0.1) is 0 Å². The molecule has 0 heterocycles. The van der Waals surface area contributed by atoms with Crippen molar-refractivity contribution in [1.82, 2.24) is 0 Å². The van der Waals surface area contributed by atoms with Crippen molar-refractivity contribution in [3.05, 3.63) is 62.6 Å². The predicted octanol–water partition coefficient (Wildman–Crippen LogP) is 5.12. The van der Waals surface area contributed by atoms with Gasteiger partial charge in [-0.2, -0.15) is 0 Å². The van der Waals surface area contributed by atoms with E-state index in [1.807, 2.05) is 31.2 Å². The van der Waals surface area contributed by atoms with Crippen LogP contribution in [0, 0.1) is 0 Å². The van der Waals surface area contributed by atoms with Gasteiger partial charge in [-0.25, -0.2) is 0 Å². The van der Waals surface area contributed by atoms with Crippen LogP contribution in [0.3, 0.4) is 0 Å². The first-order valence-corrected chi connectivity index (χ1v) is 7.70. The fraction of sp³-hybridized carbons (Fsp3) is 0.250. The van der Waals surface area contributed by atoms with E-state index in [1.54, 1.807) is 12.1 Å². The van der Waals surface area contributed by atoms with E-state index in [0.717, 1.165) is 17.5 Å². The van der Waals surface area contributed by atoms with Gasteiger partial charge < -0.3 is 10.5 Å². The second-order valence-corrected chi connectivity index (χ2v) is 6.22. The summed E-state index contributed by atoms with van der Waals surface area (Å²) in [6, 6.07) is 11.1. The molecule has 0 saturated carbocycles. The quantitative estimate of drug-likeness (QED) is 0.817. The topological polar surface area (TPSA) is 35.2 Å². The van der Waals surface area contributed by atoms with Gasteiger partial charge in [-0.1, -0.05) is 46.9 Å². The summed E-state index contributed by atoms with van der Waals surface area (Å²) >= 11 is 18.2. The molecule has 2 nitrogen and oxygen atoms in total. The van der Waals surface area contributed by atoms with Crippen LogP contribution >= 0.6 is 34.8 Å². The maximum atomic E-state index is 6.22. The SMILES string of the molecule is CC(N)Cc1ccc(OCc2ccc(Cl)cc2Cl)c(Cl)c1. The molecule has 0 fully saturated rings. The maximum Gasteiger partial charge on any atom is 0.138 e. The average molecular weight is 345 g/mol. The van der Waals surface area contributed by atoms with Gasteiger partial charge in [0, 0.05) is 21.7 Å². The van der Waals surface area contributed by atoms with Crippen molar-refractivity contribution in [3.8, 4) is 5.75 Å². The van der Waals surface area contributed by atoms with Gasteiger partial charge in [0.1, 0.15) is 12.4 Å². The highest BCUT2D eigenvalue weighted by molar-refractivity contribution is 6.35. The van der Waals surface area contributed by atoms with Gasteiger partial charge in [-0.05, 0) is 43.2 Å². The Morgan fingerprint density at radius 1 is 1.05 bits per heavy atom. The van der Waals surface area contributed by atoms with E-state index in [4.69, 9.17) is 45.3 Å². The lowest BCUT2D eigenvalue weighted by molar-refractivity contribution is 0.306. The molecule has 0 aliphatic rings. The second-order valence-electron chi connectivity index (χ2n) is 4.97. The molecule has 2 rings (SSSR count). The Balaban J connectivity index is 2.06. The summed E-state index contributed by atoms with van der Waals surface area (Å²) in [7, 11) is 0. The Bertz CT molecular complexity index is 629. The van der Waals surface area contributed by atoms with Crippen LogP contribution in [0.2, 0.25) is 15.1 Å². The van der Waals surface area contributed by atoms with Gasteiger partial charge in [0.2, 0.25) is 0 Å². The summed E-state index contributed by atoms with van der Waals surface area (Å²) in [5.74, 6) is 0.621. The zero-order chi connectivity index (χ0) is 15.4. The number of rotatable bonds is 5. The highest BCUT2D eigenvalue weighted by Gasteiger charge is 2.07. The Morgan fingerprint density at radius 3 is 2.43 bits per heavy atom. The molecule has 112 valence electrons. The minimum Gasteiger partial charge on any atom is -0.487 e. The van der Waals surface area contributed by atoms with Crippen LogP contribution in [0.5, 0.6) is 5.75 Å². The molecule has 1 unspecified atom stereocenters. The van der Waals surface area contributed by atoms with Gasteiger partial charge in [0.15, 0.2) is 0 Å². The monoisotopic (exact) mass is 343 g/mol. The lowest BCUT2D eigenvalue weighted by Crippen LogP contribution is -2.17. The third kappa shape index (κ3) is 4.79. The number of ether oxygens (including phenoxy) is 1. The Morgan fingerprint density at radius 2 is 1.81 bits per heavy atom. The molecule has 2 aromatic carbocycles. The van der Waals surface area contributed by atoms with Crippen LogP contribution < -0.4 is 10.5 Å². The van der Waals surface area contributed by atoms with Crippen LogP contribution in [-0.2, 0) is 13.0 Å². The highest BCUT2D eigenvalue weighted by Crippen LogP contribution is 2.28. The fourth-order valence-electron chi connectivity index (χ4n) is 1.95. The smallest absolute Gasteiger partial charge is 0.138 e. The fourth-order valence-corrected chi connectivity index (χ4v) is 2.68. The molecule has 0 aliphatic heterocycles. The third-order valence-electron chi connectivity index (χ3n) is 2.95. The average Bonchev–Trinajstić information content (AvgIpc) is 2.39. The lowest BCUT2D eigenvalue weighted by Gasteiger charge is -2.11. The Kier molecular flexibility index (Phi) is 5.77. The normalized spacial score (nSPS) is 12.2. The maximum absolute atomic E-state index is 6.22. The Hall–Kier alpha value is -0.930. The molecule has 1 atom stereocenters. The van der Waals surface area contributed by atoms with E-state index in [1.165, 1.54) is 0 Å². The number of hydrogen-bond acceptors (Lipinski definition) is 2. The third-order valence-corrected chi connectivity index (χ3v) is 3.83. The summed E-state index contributed by atoms with van der Waals surface area (Å²) in [5.41, 5.74) is 7.72. The summed E-state index contributed by atoms with van der Waals surface area (Å²) in [5, 5.41) is 1.74. The van der Waals surface area contributed by atoms with Crippen molar-refractivity contribution in [1.29, 1.82) is 0 Å². The summed E-state index contributed by atoms with van der Waals surface area (Å²) in [6.07, 6.45) is 0.781. The molecule has 0 bridgehead atoms. The van der Waals surface area contributed by atoms with Crippen LogP contribution in [0.25, 0.3) is 0 Å². The van der Waals surface area contributed by atoms with Gasteiger partial charge in [-0.3, -0.25) is 0 Å². The van der Waals surface area contributed by atoms with Gasteiger partial charge >= 0.3 is 0 Å². The zero-order valence-electron chi connectivity index (χ0n) is 11.6. The number of nitrogens with two attached hydrogens (primary N) is 1. The van der Waals surface area contributed by atoms with Crippen molar-refractivity contribution in [2.24, 2.45) is 5.73 Å². The van der Waals surface area contributed by atoms with E-state index in [2.05, 4.69) is 0 Å². The van der Waals surface area contributed by atoms with E-state index < -0.39 is 0 Å². The summed E-state index contributed by atoms with van der Waals surface area (Å²) in [4.78, 5) is 0. The first-order chi connectivity index (χ1) is 9.95. The van der Waals surface area contributed by atoms with Crippen molar-refractivity contribution in [2.45, 2.75) is 26.0 Å². The number of halogens is 3. The molecule has 2 N–H and O–H groups in total. The molecule has 0 aliphatic carbocycles. The number of hydrogen-bond donors (Lipinski definition) is 1. The largest absolute Gasteiger partial charge is 0.487 e. The zero-order valence-corrected chi connectivity index (χ0v) is 13.8. The van der Waals surface area contributed by atoms with E-state index >= 15 is 0 Å². The van der Waals surface area contributed by atoms with E-state index in [0.29, 0.717) is 27.4 Å². The molecule has 5 heteroatoms. The summed E-state index contributed by atoms with van der Waals surface area (Å²) < 4.78 is 5.71. The second kappa shape index (κ2) is 7.37. The summed E-state index contributed by atoms with van der Waals surface area (Å²) in [6.45, 7) is 2.29. The first-order valence-electron chi connectivity index (χ1n) is 6.56. The minimum absolute atomic E-state index is 0.0979. The van der Waals surface area contributed by atoms with Crippen LogP contribution in [0.1, 0.15) is 18.1 Å². The van der Waals surface area contributed by atoms with E-state index in [-0.39, 0.29) is 6.04 Å². The molecule has 21 heavy (non-hydrogen) atoms. The molecule has 0 radical (unpaired) electrons. The molecular weight excluding hydrogens is 329 g/mol. The first kappa shape index (κ1) is 16.4. The standard InChI is InChI=1S/C16H16Cl3NO/c1-10(20)6-11-2-5-16(15(19)7-11)21-9-12-3-4-13(17)8-14(12)18/h2-5,7-8,10H,6,9,20H2,1H3. The van der Waals surface area contributed by atoms with Gasteiger partial charge in [0.05, 0.1) is 5.02 Å². The molecule has 2 aromatic rings. The minimum atomic E-state index is 0.0979. The molecular formula is C16H16Cl3NO. The molecule has 0 spiro atoms. The Labute approximate surface area is 139 Å². The van der Waals surface area contributed by atoms with E-state index in [9.17, 15) is 0 Å². The van der Waals surface area contributed by atoms with Crippen LogP contribution in [-0.4, -0.2) is 6.04 Å². The number of benzene rings is 2. The molecule has 0 amide bonds.